The lowest BCUT2D eigenvalue weighted by Gasteiger charge is -2.43. The third-order valence-corrected chi connectivity index (χ3v) is 4.92. The van der Waals surface area contributed by atoms with E-state index in [4.69, 9.17) is 9.15 Å². The predicted octanol–water partition coefficient (Wildman–Crippen LogP) is 2.49. The summed E-state index contributed by atoms with van der Waals surface area (Å²) in [7, 11) is 0. The van der Waals surface area contributed by atoms with Gasteiger partial charge in [0, 0.05) is 12.6 Å². The number of nitrogens with one attached hydrogen (secondary N) is 2. The van der Waals surface area contributed by atoms with E-state index in [-0.39, 0.29) is 24.2 Å². The fraction of sp³-hybridized carbons (Fsp3) is 0.706. The van der Waals surface area contributed by atoms with Crippen molar-refractivity contribution in [2.24, 2.45) is 0 Å². The van der Waals surface area contributed by atoms with Crippen LogP contribution in [0.2, 0.25) is 0 Å². The van der Waals surface area contributed by atoms with Crippen LogP contribution in [0.1, 0.15) is 56.8 Å². The van der Waals surface area contributed by atoms with Gasteiger partial charge in [0.1, 0.15) is 11.9 Å². The van der Waals surface area contributed by atoms with Crippen LogP contribution in [0.4, 0.5) is 4.79 Å². The zero-order valence-corrected chi connectivity index (χ0v) is 13.4. The number of ether oxygens (including phenoxy) is 1. The summed E-state index contributed by atoms with van der Waals surface area (Å²) in [5.41, 5.74) is -0.0257. The van der Waals surface area contributed by atoms with Gasteiger partial charge in [-0.1, -0.05) is 19.3 Å². The second-order valence-electron chi connectivity index (χ2n) is 6.67. The zero-order valence-electron chi connectivity index (χ0n) is 13.4. The number of furan rings is 1. The Morgan fingerprint density at radius 2 is 2.22 bits per heavy atom. The van der Waals surface area contributed by atoms with Crippen molar-refractivity contribution in [3.63, 3.8) is 0 Å². The maximum absolute atomic E-state index is 12.1. The van der Waals surface area contributed by atoms with E-state index in [2.05, 4.69) is 10.6 Å². The van der Waals surface area contributed by atoms with Gasteiger partial charge < -0.3 is 24.9 Å². The Hall–Kier alpha value is -1.53. The van der Waals surface area contributed by atoms with Crippen molar-refractivity contribution in [3.8, 4) is 0 Å². The quantitative estimate of drug-likeness (QED) is 0.795. The first kappa shape index (κ1) is 16.3. The molecule has 6 nitrogen and oxygen atoms in total. The number of amides is 2. The molecule has 2 aliphatic rings. The van der Waals surface area contributed by atoms with Gasteiger partial charge in [0.05, 0.1) is 18.4 Å². The molecule has 1 aliphatic carbocycles. The highest BCUT2D eigenvalue weighted by atomic mass is 16.5. The Labute approximate surface area is 136 Å². The molecule has 1 aliphatic heterocycles. The van der Waals surface area contributed by atoms with Crippen LogP contribution >= 0.6 is 0 Å². The highest BCUT2D eigenvalue weighted by molar-refractivity contribution is 5.74. The molecule has 1 saturated heterocycles. The minimum Gasteiger partial charge on any atom is -0.467 e. The van der Waals surface area contributed by atoms with Crippen LogP contribution in [0.5, 0.6) is 0 Å². The van der Waals surface area contributed by atoms with Crippen LogP contribution in [0.3, 0.4) is 0 Å². The summed E-state index contributed by atoms with van der Waals surface area (Å²) < 4.78 is 11.2. The lowest BCUT2D eigenvalue weighted by atomic mass is 9.78. The van der Waals surface area contributed by atoms with Crippen molar-refractivity contribution >= 4 is 6.03 Å². The van der Waals surface area contributed by atoms with Crippen LogP contribution in [0.15, 0.2) is 22.8 Å². The minimum absolute atomic E-state index is 0.0257. The Morgan fingerprint density at radius 3 is 2.96 bits per heavy atom. The molecule has 23 heavy (non-hydrogen) atoms. The van der Waals surface area contributed by atoms with Gasteiger partial charge in [-0.15, -0.1) is 0 Å². The van der Waals surface area contributed by atoms with E-state index in [0.717, 1.165) is 25.7 Å². The molecule has 0 aromatic carbocycles. The first-order valence-electron chi connectivity index (χ1n) is 8.57. The Morgan fingerprint density at radius 1 is 1.39 bits per heavy atom. The standard InChI is InChI=1S/C17H26N2O4/c20-14(15-5-4-9-22-15)12-18-16(21)19-13-6-10-23-17(11-13)7-2-1-3-8-17/h4-5,9,13-14,20H,1-3,6-8,10-12H2,(H2,18,19,21). The van der Waals surface area contributed by atoms with Crippen LogP contribution in [0, 0.1) is 0 Å². The van der Waals surface area contributed by atoms with Crippen LogP contribution < -0.4 is 10.6 Å². The molecule has 2 heterocycles. The summed E-state index contributed by atoms with van der Waals surface area (Å²) in [6.07, 6.45) is 8.33. The number of aliphatic hydroxyl groups is 1. The lowest BCUT2D eigenvalue weighted by Crippen LogP contribution is -2.51. The first-order valence-corrected chi connectivity index (χ1v) is 8.57. The Kier molecular flexibility index (Phi) is 5.23. The fourth-order valence-electron chi connectivity index (χ4n) is 3.70. The molecule has 1 saturated carbocycles. The summed E-state index contributed by atoms with van der Waals surface area (Å²) in [6, 6.07) is 3.30. The predicted molar refractivity (Wildman–Crippen MR) is 85.0 cm³/mol. The Bertz CT molecular complexity index is 491. The smallest absolute Gasteiger partial charge is 0.315 e. The average Bonchev–Trinajstić information content (AvgIpc) is 3.08. The number of urea groups is 1. The molecule has 2 fully saturated rings. The molecule has 1 spiro atoms. The van der Waals surface area contributed by atoms with Gasteiger partial charge >= 0.3 is 6.03 Å². The van der Waals surface area contributed by atoms with Gasteiger partial charge in [0.15, 0.2) is 0 Å². The normalized spacial score (nSPS) is 25.0. The van der Waals surface area contributed by atoms with Crippen molar-refractivity contribution < 1.29 is 19.1 Å². The van der Waals surface area contributed by atoms with E-state index in [1.165, 1.54) is 25.5 Å². The molecule has 2 unspecified atom stereocenters. The number of hydrogen-bond donors (Lipinski definition) is 3. The molecule has 1 aromatic rings. The van der Waals surface area contributed by atoms with Crippen molar-refractivity contribution in [1.29, 1.82) is 0 Å². The monoisotopic (exact) mass is 322 g/mol. The SMILES string of the molecule is O=C(NCC(O)c1ccco1)NC1CCOC2(CCCCC2)C1. The second kappa shape index (κ2) is 7.36. The largest absolute Gasteiger partial charge is 0.467 e. The van der Waals surface area contributed by atoms with Gasteiger partial charge in [-0.3, -0.25) is 0 Å². The van der Waals surface area contributed by atoms with Gasteiger partial charge in [-0.25, -0.2) is 4.79 Å². The molecule has 128 valence electrons. The number of rotatable bonds is 4. The summed E-state index contributed by atoms with van der Waals surface area (Å²) >= 11 is 0. The molecule has 3 rings (SSSR count). The number of carbonyl (C=O) groups excluding carboxylic acids is 1. The van der Waals surface area contributed by atoms with Gasteiger partial charge in [0.25, 0.3) is 0 Å². The average molecular weight is 322 g/mol. The third kappa shape index (κ3) is 4.26. The molecule has 2 amide bonds. The summed E-state index contributed by atoms with van der Waals surface area (Å²) in [6.45, 7) is 0.841. The fourth-order valence-corrected chi connectivity index (χ4v) is 3.70. The number of hydrogen-bond acceptors (Lipinski definition) is 4. The van der Waals surface area contributed by atoms with E-state index in [0.29, 0.717) is 12.4 Å². The maximum Gasteiger partial charge on any atom is 0.315 e. The highest BCUT2D eigenvalue weighted by Gasteiger charge is 2.38. The zero-order chi connectivity index (χ0) is 16.1. The summed E-state index contributed by atoms with van der Waals surface area (Å²) in [5.74, 6) is 0.456. The molecular formula is C17H26N2O4. The van der Waals surface area contributed by atoms with E-state index in [1.807, 2.05) is 0 Å². The van der Waals surface area contributed by atoms with E-state index >= 15 is 0 Å². The topological polar surface area (TPSA) is 83.7 Å². The molecule has 0 radical (unpaired) electrons. The molecule has 6 heteroatoms. The maximum atomic E-state index is 12.1. The van der Waals surface area contributed by atoms with Crippen molar-refractivity contribution in [1.82, 2.24) is 10.6 Å². The van der Waals surface area contributed by atoms with E-state index in [9.17, 15) is 9.90 Å². The van der Waals surface area contributed by atoms with Crippen LogP contribution in [0.25, 0.3) is 0 Å². The van der Waals surface area contributed by atoms with Crippen molar-refractivity contribution in [3.05, 3.63) is 24.2 Å². The third-order valence-electron chi connectivity index (χ3n) is 4.92. The summed E-state index contributed by atoms with van der Waals surface area (Å²) in [4.78, 5) is 12.1. The lowest BCUT2D eigenvalue weighted by molar-refractivity contribution is -0.107. The number of aliphatic hydroxyl groups excluding tert-OH is 1. The van der Waals surface area contributed by atoms with Crippen molar-refractivity contribution in [2.75, 3.05) is 13.2 Å². The molecule has 1 aromatic heterocycles. The first-order chi connectivity index (χ1) is 11.2. The molecule has 3 N–H and O–H groups in total. The molecule has 0 bridgehead atoms. The van der Waals surface area contributed by atoms with Gasteiger partial charge in [0.2, 0.25) is 0 Å². The van der Waals surface area contributed by atoms with Crippen LogP contribution in [-0.2, 0) is 4.74 Å². The van der Waals surface area contributed by atoms with Gasteiger partial charge in [-0.05, 0) is 37.8 Å². The summed E-state index contributed by atoms with van der Waals surface area (Å²) in [5, 5.41) is 15.6. The van der Waals surface area contributed by atoms with E-state index in [1.54, 1.807) is 12.1 Å². The van der Waals surface area contributed by atoms with Crippen LogP contribution in [-0.4, -0.2) is 35.9 Å². The van der Waals surface area contributed by atoms with Crippen molar-refractivity contribution in [2.45, 2.75) is 62.7 Å². The Balaban J connectivity index is 1.44. The highest BCUT2D eigenvalue weighted by Crippen LogP contribution is 2.38. The number of carbonyl (C=O) groups is 1. The minimum atomic E-state index is -0.824. The van der Waals surface area contributed by atoms with Gasteiger partial charge in [-0.2, -0.15) is 0 Å². The van der Waals surface area contributed by atoms with E-state index < -0.39 is 6.10 Å². The second-order valence-corrected chi connectivity index (χ2v) is 6.67. The molecule has 2 atom stereocenters. The molecular weight excluding hydrogens is 296 g/mol.